The van der Waals surface area contributed by atoms with Crippen LogP contribution >= 0.6 is 23.2 Å². The lowest BCUT2D eigenvalue weighted by molar-refractivity contribution is -0.0578. The standard InChI is InChI=1S/C28H33Cl2FN4O4/c1-15(2)17-9-8-10-18(16(3)4)21(17)35-23-20(11-19(29)22(30)32-23)34(24(36)25(35)37)14-28(31)12-33(13-28)26(38)39-27(5,6)7/h8-11,15-16H,12-14H2,1-7H3. The second-order valence-electron chi connectivity index (χ2n) is 11.7. The number of hydrogen-bond donors (Lipinski definition) is 0. The number of fused-ring (bicyclic) bond motifs is 1. The Morgan fingerprint density at radius 1 is 1.08 bits per heavy atom. The molecule has 0 unspecified atom stereocenters. The van der Waals surface area contributed by atoms with E-state index in [0.29, 0.717) is 5.69 Å². The molecule has 39 heavy (non-hydrogen) atoms. The first-order valence-corrected chi connectivity index (χ1v) is 13.6. The van der Waals surface area contributed by atoms with E-state index >= 15 is 4.39 Å². The van der Waals surface area contributed by atoms with Gasteiger partial charge in [-0.3, -0.25) is 18.7 Å². The minimum absolute atomic E-state index is 0.0220. The van der Waals surface area contributed by atoms with E-state index in [2.05, 4.69) is 4.98 Å². The van der Waals surface area contributed by atoms with Crippen molar-refractivity contribution in [3.05, 3.63) is 66.3 Å². The zero-order valence-corrected chi connectivity index (χ0v) is 24.7. The number of aromatic nitrogens is 3. The molecule has 0 aliphatic carbocycles. The van der Waals surface area contributed by atoms with Crippen molar-refractivity contribution in [2.75, 3.05) is 13.1 Å². The highest BCUT2D eigenvalue weighted by Crippen LogP contribution is 2.34. The summed E-state index contributed by atoms with van der Waals surface area (Å²) in [5.74, 6) is 0.0440. The Labute approximate surface area is 236 Å². The van der Waals surface area contributed by atoms with Crippen LogP contribution in [0.1, 0.15) is 71.4 Å². The molecule has 3 heterocycles. The second kappa shape index (κ2) is 10.2. The Morgan fingerprint density at radius 2 is 1.64 bits per heavy atom. The molecule has 0 saturated carbocycles. The number of benzene rings is 1. The van der Waals surface area contributed by atoms with Crippen molar-refractivity contribution < 1.29 is 13.9 Å². The van der Waals surface area contributed by atoms with E-state index in [4.69, 9.17) is 27.9 Å². The van der Waals surface area contributed by atoms with E-state index in [-0.39, 0.29) is 46.3 Å². The number of para-hydroxylation sites is 1. The van der Waals surface area contributed by atoms with Crippen LogP contribution in [0.25, 0.3) is 16.9 Å². The Kier molecular flexibility index (Phi) is 7.64. The van der Waals surface area contributed by atoms with Crippen LogP contribution in [-0.2, 0) is 11.3 Å². The van der Waals surface area contributed by atoms with Crippen molar-refractivity contribution in [2.45, 2.75) is 78.1 Å². The topological polar surface area (TPSA) is 86.4 Å². The van der Waals surface area contributed by atoms with Gasteiger partial charge in [-0.15, -0.1) is 0 Å². The van der Waals surface area contributed by atoms with Gasteiger partial charge in [0, 0.05) is 0 Å². The summed E-state index contributed by atoms with van der Waals surface area (Å²) in [5.41, 5.74) is -1.98. The molecule has 4 rings (SSSR count). The molecule has 0 N–H and O–H groups in total. The fourth-order valence-electron chi connectivity index (χ4n) is 4.84. The molecule has 1 aliphatic rings. The lowest BCUT2D eigenvalue weighted by Crippen LogP contribution is -2.64. The molecule has 0 atom stereocenters. The van der Waals surface area contributed by atoms with Crippen molar-refractivity contribution in [3.8, 4) is 5.69 Å². The summed E-state index contributed by atoms with van der Waals surface area (Å²) in [7, 11) is 0. The quantitative estimate of drug-likeness (QED) is 0.271. The van der Waals surface area contributed by atoms with Gasteiger partial charge in [0.05, 0.1) is 35.9 Å². The molecule has 1 saturated heterocycles. The van der Waals surface area contributed by atoms with Crippen molar-refractivity contribution in [2.24, 2.45) is 0 Å². The number of carbonyl (C=O) groups is 1. The molecule has 210 valence electrons. The maximum Gasteiger partial charge on any atom is 0.410 e. The highest BCUT2D eigenvalue weighted by atomic mass is 35.5. The zero-order chi connectivity index (χ0) is 29.0. The molecule has 1 aliphatic heterocycles. The van der Waals surface area contributed by atoms with Gasteiger partial charge < -0.3 is 9.64 Å². The van der Waals surface area contributed by atoms with E-state index < -0.39 is 35.0 Å². The van der Waals surface area contributed by atoms with Gasteiger partial charge in [0.15, 0.2) is 11.3 Å². The summed E-state index contributed by atoms with van der Waals surface area (Å²) in [5, 5.41) is 0.00555. The maximum absolute atomic E-state index is 15.8. The van der Waals surface area contributed by atoms with Crippen LogP contribution in [0.4, 0.5) is 9.18 Å². The molecule has 0 spiro atoms. The van der Waals surface area contributed by atoms with E-state index in [1.807, 2.05) is 45.9 Å². The first-order chi connectivity index (χ1) is 18.0. The Hall–Kier alpha value is -2.91. The van der Waals surface area contributed by atoms with Crippen molar-refractivity contribution >= 4 is 40.5 Å². The Bertz CT molecular complexity index is 1540. The summed E-state index contributed by atoms with van der Waals surface area (Å²) in [6.45, 7) is 12.1. The number of rotatable bonds is 5. The van der Waals surface area contributed by atoms with Gasteiger partial charge in [0.25, 0.3) is 0 Å². The minimum Gasteiger partial charge on any atom is -0.444 e. The summed E-state index contributed by atoms with van der Waals surface area (Å²) >= 11 is 12.6. The number of alkyl halides is 1. The predicted octanol–water partition coefficient (Wildman–Crippen LogP) is 6.06. The molecule has 1 aromatic carbocycles. The highest BCUT2D eigenvalue weighted by molar-refractivity contribution is 6.41. The van der Waals surface area contributed by atoms with Gasteiger partial charge in [-0.1, -0.05) is 69.1 Å². The van der Waals surface area contributed by atoms with E-state index in [1.165, 1.54) is 15.5 Å². The minimum atomic E-state index is -1.96. The van der Waals surface area contributed by atoms with E-state index in [9.17, 15) is 14.4 Å². The first-order valence-electron chi connectivity index (χ1n) is 12.8. The number of carbonyl (C=O) groups excluding carboxylic acids is 1. The van der Waals surface area contributed by atoms with E-state index in [1.54, 1.807) is 20.8 Å². The lowest BCUT2D eigenvalue weighted by Gasteiger charge is -2.44. The van der Waals surface area contributed by atoms with Crippen LogP contribution in [0.15, 0.2) is 33.9 Å². The zero-order valence-electron chi connectivity index (χ0n) is 23.1. The van der Waals surface area contributed by atoms with E-state index in [0.717, 1.165) is 15.7 Å². The van der Waals surface area contributed by atoms with Crippen LogP contribution < -0.4 is 11.1 Å². The molecule has 3 aromatic rings. The SMILES string of the molecule is CC(C)c1cccc(C(C)C)c1-n1c(=O)c(=O)n(CC2(F)CN(C(=O)OC(C)(C)C)C2)c2cc(Cl)c(Cl)nc21. The fourth-order valence-corrected chi connectivity index (χ4v) is 5.12. The predicted molar refractivity (Wildman–Crippen MR) is 151 cm³/mol. The molecular formula is C28H33Cl2FN4O4. The van der Waals surface area contributed by atoms with Crippen LogP contribution in [0, 0.1) is 0 Å². The smallest absolute Gasteiger partial charge is 0.410 e. The van der Waals surface area contributed by atoms with Crippen LogP contribution in [-0.4, -0.2) is 49.5 Å². The molecule has 1 fully saturated rings. The number of ether oxygens (including phenoxy) is 1. The highest BCUT2D eigenvalue weighted by Gasteiger charge is 2.48. The number of pyridine rings is 1. The van der Waals surface area contributed by atoms with Gasteiger partial charge in [-0.25, -0.2) is 14.2 Å². The molecule has 0 radical (unpaired) electrons. The third kappa shape index (κ3) is 5.57. The number of nitrogens with zero attached hydrogens (tertiary/aromatic N) is 4. The summed E-state index contributed by atoms with van der Waals surface area (Å²) in [4.78, 5) is 45.4. The fraction of sp³-hybridized carbons (Fsp3) is 0.500. The largest absolute Gasteiger partial charge is 0.444 e. The van der Waals surface area contributed by atoms with Crippen molar-refractivity contribution in [3.63, 3.8) is 0 Å². The van der Waals surface area contributed by atoms with Gasteiger partial charge in [0.2, 0.25) is 0 Å². The van der Waals surface area contributed by atoms with Crippen LogP contribution in [0.3, 0.4) is 0 Å². The average molecular weight is 580 g/mol. The van der Waals surface area contributed by atoms with Gasteiger partial charge in [-0.05, 0) is 49.8 Å². The number of halogens is 3. The number of hydrogen-bond acceptors (Lipinski definition) is 5. The summed E-state index contributed by atoms with van der Waals surface area (Å²) < 4.78 is 23.5. The molecule has 2 aromatic heterocycles. The second-order valence-corrected chi connectivity index (χ2v) is 12.5. The molecule has 0 bridgehead atoms. The van der Waals surface area contributed by atoms with Gasteiger partial charge in [0.1, 0.15) is 10.8 Å². The summed E-state index contributed by atoms with van der Waals surface area (Å²) in [6, 6.07) is 7.15. The first kappa shape index (κ1) is 29.1. The van der Waals surface area contributed by atoms with Gasteiger partial charge in [-0.2, -0.15) is 0 Å². The van der Waals surface area contributed by atoms with Crippen LogP contribution in [0.5, 0.6) is 0 Å². The molecule has 8 nitrogen and oxygen atoms in total. The monoisotopic (exact) mass is 578 g/mol. The average Bonchev–Trinajstić information content (AvgIpc) is 2.80. The normalized spacial score (nSPS) is 15.2. The summed E-state index contributed by atoms with van der Waals surface area (Å²) in [6.07, 6.45) is -0.647. The van der Waals surface area contributed by atoms with Gasteiger partial charge >= 0.3 is 17.2 Å². The van der Waals surface area contributed by atoms with Crippen molar-refractivity contribution in [1.82, 2.24) is 19.0 Å². The van der Waals surface area contributed by atoms with Crippen LogP contribution in [0.2, 0.25) is 10.2 Å². The van der Waals surface area contributed by atoms with Crippen molar-refractivity contribution in [1.29, 1.82) is 0 Å². The molecular weight excluding hydrogens is 546 g/mol. The lowest BCUT2D eigenvalue weighted by atomic mass is 9.92. The third-order valence-electron chi connectivity index (χ3n) is 6.64. The Balaban J connectivity index is 1.90. The maximum atomic E-state index is 15.8. The molecule has 1 amide bonds. The Morgan fingerprint density at radius 3 is 2.15 bits per heavy atom. The molecule has 11 heteroatoms. The number of amides is 1. The third-order valence-corrected chi connectivity index (χ3v) is 7.31. The number of likely N-dealkylation sites (tertiary alicyclic amines) is 1.